The molecule has 1 aromatic heterocycles. The van der Waals surface area contributed by atoms with E-state index >= 15 is 0 Å². The molecule has 0 spiro atoms. The molecule has 1 aromatic rings. The number of nitrogens with one attached hydrogen (secondary N) is 2. The third-order valence-corrected chi connectivity index (χ3v) is 3.00. The summed E-state index contributed by atoms with van der Waals surface area (Å²) in [7, 11) is 3.89. The SMILES string of the molecule is CN(C)c1nccc(NCC[C@@H]2CCCN2)n1. The minimum atomic E-state index is 0.678. The minimum Gasteiger partial charge on any atom is -0.370 e. The van der Waals surface area contributed by atoms with Gasteiger partial charge < -0.3 is 15.5 Å². The fourth-order valence-corrected chi connectivity index (χ4v) is 2.04. The molecule has 0 aromatic carbocycles. The molecule has 1 fully saturated rings. The van der Waals surface area contributed by atoms with Gasteiger partial charge in [-0.15, -0.1) is 0 Å². The summed E-state index contributed by atoms with van der Waals surface area (Å²) in [5.74, 6) is 1.65. The molecule has 0 aliphatic carbocycles. The van der Waals surface area contributed by atoms with E-state index in [0.717, 1.165) is 24.7 Å². The van der Waals surface area contributed by atoms with E-state index in [9.17, 15) is 0 Å². The van der Waals surface area contributed by atoms with Crippen molar-refractivity contribution in [2.75, 3.05) is 37.4 Å². The second-order valence-corrected chi connectivity index (χ2v) is 4.65. The van der Waals surface area contributed by atoms with Gasteiger partial charge in [-0.25, -0.2) is 4.98 Å². The summed E-state index contributed by atoms with van der Waals surface area (Å²) in [5, 5.41) is 6.84. The zero-order chi connectivity index (χ0) is 12.1. The summed E-state index contributed by atoms with van der Waals surface area (Å²) in [6.45, 7) is 2.13. The van der Waals surface area contributed by atoms with Crippen LogP contribution < -0.4 is 15.5 Å². The molecule has 0 saturated carbocycles. The molecule has 0 amide bonds. The van der Waals surface area contributed by atoms with Crippen LogP contribution in [-0.2, 0) is 0 Å². The first-order chi connectivity index (χ1) is 8.25. The number of anilines is 2. The van der Waals surface area contributed by atoms with Gasteiger partial charge in [0.1, 0.15) is 5.82 Å². The molecular weight excluding hydrogens is 214 g/mol. The van der Waals surface area contributed by atoms with Gasteiger partial charge >= 0.3 is 0 Å². The summed E-state index contributed by atoms with van der Waals surface area (Å²) in [6, 6.07) is 2.59. The number of hydrogen-bond donors (Lipinski definition) is 2. The van der Waals surface area contributed by atoms with Crippen LogP contribution in [0.4, 0.5) is 11.8 Å². The van der Waals surface area contributed by atoms with Crippen LogP contribution in [0.3, 0.4) is 0 Å². The first kappa shape index (κ1) is 12.1. The van der Waals surface area contributed by atoms with Crippen molar-refractivity contribution in [2.24, 2.45) is 0 Å². The lowest BCUT2D eigenvalue weighted by molar-refractivity contribution is 0.574. The van der Waals surface area contributed by atoms with Gasteiger partial charge in [0.15, 0.2) is 0 Å². The molecule has 2 rings (SSSR count). The summed E-state index contributed by atoms with van der Waals surface area (Å²) in [4.78, 5) is 10.5. The molecule has 1 aliphatic rings. The zero-order valence-electron chi connectivity index (χ0n) is 10.6. The summed E-state index contributed by atoms with van der Waals surface area (Å²) >= 11 is 0. The van der Waals surface area contributed by atoms with Crippen molar-refractivity contribution in [3.05, 3.63) is 12.3 Å². The van der Waals surface area contributed by atoms with Crippen molar-refractivity contribution < 1.29 is 0 Å². The summed E-state index contributed by atoms with van der Waals surface area (Å²) in [5.41, 5.74) is 0. The van der Waals surface area contributed by atoms with E-state index in [1.807, 2.05) is 25.1 Å². The molecule has 0 radical (unpaired) electrons. The lowest BCUT2D eigenvalue weighted by atomic mass is 10.1. The Morgan fingerprint density at radius 2 is 2.41 bits per heavy atom. The quantitative estimate of drug-likeness (QED) is 0.800. The van der Waals surface area contributed by atoms with Crippen molar-refractivity contribution in [1.82, 2.24) is 15.3 Å². The van der Waals surface area contributed by atoms with Crippen molar-refractivity contribution in [3.8, 4) is 0 Å². The molecule has 1 saturated heterocycles. The van der Waals surface area contributed by atoms with Gasteiger partial charge in [0.05, 0.1) is 0 Å². The highest BCUT2D eigenvalue weighted by Gasteiger charge is 2.12. The maximum absolute atomic E-state index is 4.42. The fraction of sp³-hybridized carbons (Fsp3) is 0.667. The Morgan fingerprint density at radius 3 is 3.12 bits per heavy atom. The highest BCUT2D eigenvalue weighted by atomic mass is 15.2. The van der Waals surface area contributed by atoms with E-state index in [2.05, 4.69) is 20.6 Å². The van der Waals surface area contributed by atoms with Gasteiger partial charge in [-0.1, -0.05) is 0 Å². The van der Waals surface area contributed by atoms with Crippen LogP contribution >= 0.6 is 0 Å². The Balaban J connectivity index is 1.79. The summed E-state index contributed by atoms with van der Waals surface area (Å²) in [6.07, 6.45) is 5.55. The maximum Gasteiger partial charge on any atom is 0.226 e. The molecule has 5 heteroatoms. The van der Waals surface area contributed by atoms with Crippen LogP contribution in [0, 0.1) is 0 Å². The molecule has 94 valence electrons. The molecule has 0 bridgehead atoms. The van der Waals surface area contributed by atoms with E-state index in [4.69, 9.17) is 0 Å². The van der Waals surface area contributed by atoms with Crippen LogP contribution in [0.1, 0.15) is 19.3 Å². The molecule has 2 heterocycles. The number of aromatic nitrogens is 2. The molecule has 17 heavy (non-hydrogen) atoms. The molecule has 5 nitrogen and oxygen atoms in total. The second kappa shape index (κ2) is 5.82. The number of nitrogens with zero attached hydrogens (tertiary/aromatic N) is 3. The van der Waals surface area contributed by atoms with Crippen molar-refractivity contribution in [1.29, 1.82) is 0 Å². The Labute approximate surface area is 103 Å². The second-order valence-electron chi connectivity index (χ2n) is 4.65. The Morgan fingerprint density at radius 1 is 1.53 bits per heavy atom. The fourth-order valence-electron chi connectivity index (χ4n) is 2.04. The normalized spacial score (nSPS) is 19.3. The number of rotatable bonds is 5. The van der Waals surface area contributed by atoms with Gasteiger partial charge in [0.2, 0.25) is 5.95 Å². The summed E-state index contributed by atoms with van der Waals surface area (Å²) < 4.78 is 0. The third-order valence-electron chi connectivity index (χ3n) is 3.00. The minimum absolute atomic E-state index is 0.678. The lowest BCUT2D eigenvalue weighted by Gasteiger charge is -2.13. The Hall–Kier alpha value is -1.36. The Bertz CT molecular complexity index is 347. The van der Waals surface area contributed by atoms with Gasteiger partial charge in [0, 0.05) is 32.9 Å². The molecule has 2 N–H and O–H groups in total. The van der Waals surface area contributed by atoms with Crippen molar-refractivity contribution in [3.63, 3.8) is 0 Å². The van der Waals surface area contributed by atoms with Crippen molar-refractivity contribution in [2.45, 2.75) is 25.3 Å². The third kappa shape index (κ3) is 3.56. The van der Waals surface area contributed by atoms with Crippen molar-refractivity contribution >= 4 is 11.8 Å². The maximum atomic E-state index is 4.42. The van der Waals surface area contributed by atoms with Gasteiger partial charge in [-0.05, 0) is 31.9 Å². The molecular formula is C12H21N5. The number of hydrogen-bond acceptors (Lipinski definition) is 5. The van der Waals surface area contributed by atoms with E-state index in [1.165, 1.54) is 19.4 Å². The monoisotopic (exact) mass is 235 g/mol. The average molecular weight is 235 g/mol. The van der Waals surface area contributed by atoms with E-state index in [0.29, 0.717) is 6.04 Å². The standard InChI is InChI=1S/C12H21N5/c1-17(2)12-15-9-6-11(16-12)14-8-5-10-4-3-7-13-10/h6,9-10,13H,3-5,7-8H2,1-2H3,(H,14,15,16)/t10-/m0/s1. The average Bonchev–Trinajstić information content (AvgIpc) is 2.82. The van der Waals surface area contributed by atoms with Crippen LogP contribution in [-0.4, -0.2) is 43.2 Å². The molecule has 1 aliphatic heterocycles. The predicted molar refractivity (Wildman–Crippen MR) is 70.5 cm³/mol. The van der Waals surface area contributed by atoms with E-state index in [-0.39, 0.29) is 0 Å². The Kier molecular flexibility index (Phi) is 4.14. The van der Waals surface area contributed by atoms with E-state index < -0.39 is 0 Å². The smallest absolute Gasteiger partial charge is 0.226 e. The van der Waals surface area contributed by atoms with Crippen LogP contribution in [0.5, 0.6) is 0 Å². The van der Waals surface area contributed by atoms with Gasteiger partial charge in [-0.3, -0.25) is 0 Å². The van der Waals surface area contributed by atoms with Crippen LogP contribution in [0.15, 0.2) is 12.3 Å². The highest BCUT2D eigenvalue weighted by Crippen LogP contribution is 2.11. The van der Waals surface area contributed by atoms with Gasteiger partial charge in [0.25, 0.3) is 0 Å². The largest absolute Gasteiger partial charge is 0.370 e. The highest BCUT2D eigenvalue weighted by molar-refractivity contribution is 5.40. The van der Waals surface area contributed by atoms with Crippen LogP contribution in [0.25, 0.3) is 0 Å². The predicted octanol–water partition coefficient (Wildman–Crippen LogP) is 1.10. The van der Waals surface area contributed by atoms with Crippen LogP contribution in [0.2, 0.25) is 0 Å². The first-order valence-electron chi connectivity index (χ1n) is 6.23. The lowest BCUT2D eigenvalue weighted by Crippen LogP contribution is -2.24. The van der Waals surface area contributed by atoms with Gasteiger partial charge in [-0.2, -0.15) is 4.98 Å². The zero-order valence-corrected chi connectivity index (χ0v) is 10.6. The molecule has 1 atom stereocenters. The first-order valence-corrected chi connectivity index (χ1v) is 6.23. The van der Waals surface area contributed by atoms with E-state index in [1.54, 1.807) is 6.20 Å². The molecule has 0 unspecified atom stereocenters. The topological polar surface area (TPSA) is 53.1 Å².